The fourth-order valence-corrected chi connectivity index (χ4v) is 3.53. The van der Waals surface area contributed by atoms with E-state index in [0.29, 0.717) is 11.5 Å². The summed E-state index contributed by atoms with van der Waals surface area (Å²) in [6.45, 7) is 3.51. The minimum Gasteiger partial charge on any atom is -0.480 e. The molecule has 8 heteroatoms. The molecule has 1 atom stereocenters. The van der Waals surface area contributed by atoms with E-state index in [-0.39, 0.29) is 11.4 Å². The second-order valence-electron chi connectivity index (χ2n) is 5.09. The van der Waals surface area contributed by atoms with Crippen molar-refractivity contribution in [3.05, 3.63) is 48.7 Å². The van der Waals surface area contributed by atoms with E-state index in [0.717, 1.165) is 0 Å². The van der Waals surface area contributed by atoms with Gasteiger partial charge in [-0.1, -0.05) is 18.2 Å². The van der Waals surface area contributed by atoms with Gasteiger partial charge >= 0.3 is 5.97 Å². The van der Waals surface area contributed by atoms with Crippen LogP contribution >= 0.6 is 0 Å². The first-order valence-electron chi connectivity index (χ1n) is 7.39. The summed E-state index contributed by atoms with van der Waals surface area (Å²) in [6, 6.07) is 10.8. The molecule has 0 fully saturated rings. The van der Waals surface area contributed by atoms with Gasteiger partial charge in [0.05, 0.1) is 5.69 Å². The Kier molecular flexibility index (Phi) is 5.40. The summed E-state index contributed by atoms with van der Waals surface area (Å²) < 4.78 is 26.8. The molecular weight excluding hydrogens is 330 g/mol. The van der Waals surface area contributed by atoms with Crippen LogP contribution in [-0.4, -0.2) is 37.1 Å². The SMILES string of the molecule is CCN(c1ccccc1)S(=O)(=O)c1ccc(NC(C)C(=O)O)nc1. The van der Waals surface area contributed by atoms with Crippen LogP contribution in [0.15, 0.2) is 53.6 Å². The molecule has 2 aromatic rings. The number of pyridine rings is 1. The van der Waals surface area contributed by atoms with Crippen molar-refractivity contribution in [3.8, 4) is 0 Å². The van der Waals surface area contributed by atoms with E-state index in [1.807, 2.05) is 6.07 Å². The third-order valence-corrected chi connectivity index (χ3v) is 5.28. The topological polar surface area (TPSA) is 99.6 Å². The molecule has 0 saturated heterocycles. The second kappa shape index (κ2) is 7.31. The summed E-state index contributed by atoms with van der Waals surface area (Å²) in [5, 5.41) is 11.5. The average Bonchev–Trinajstić information content (AvgIpc) is 2.56. The summed E-state index contributed by atoms with van der Waals surface area (Å²) in [5.74, 6) is -0.721. The molecule has 0 spiro atoms. The van der Waals surface area contributed by atoms with Crippen molar-refractivity contribution >= 4 is 27.5 Å². The van der Waals surface area contributed by atoms with Crippen LogP contribution in [0.5, 0.6) is 0 Å². The van der Waals surface area contributed by atoms with Gasteiger partial charge < -0.3 is 10.4 Å². The van der Waals surface area contributed by atoms with Gasteiger partial charge in [-0.3, -0.25) is 9.10 Å². The molecule has 0 bridgehead atoms. The second-order valence-corrected chi connectivity index (χ2v) is 6.95. The van der Waals surface area contributed by atoms with E-state index >= 15 is 0 Å². The Hall–Kier alpha value is -2.61. The fraction of sp³-hybridized carbons (Fsp3) is 0.250. The van der Waals surface area contributed by atoms with Gasteiger partial charge in [-0.05, 0) is 38.1 Å². The third kappa shape index (κ3) is 3.83. The van der Waals surface area contributed by atoms with Gasteiger partial charge in [0, 0.05) is 12.7 Å². The van der Waals surface area contributed by atoms with Crippen molar-refractivity contribution in [1.82, 2.24) is 4.98 Å². The van der Waals surface area contributed by atoms with Gasteiger partial charge in [0.25, 0.3) is 10.0 Å². The Morgan fingerprint density at radius 1 is 1.25 bits per heavy atom. The van der Waals surface area contributed by atoms with Crippen LogP contribution in [0.1, 0.15) is 13.8 Å². The number of aromatic nitrogens is 1. The number of hydrogen-bond acceptors (Lipinski definition) is 5. The maximum absolute atomic E-state index is 12.8. The normalized spacial score (nSPS) is 12.4. The maximum Gasteiger partial charge on any atom is 0.325 e. The number of nitrogens with one attached hydrogen (secondary N) is 1. The average molecular weight is 349 g/mol. The van der Waals surface area contributed by atoms with Gasteiger partial charge in [-0.15, -0.1) is 0 Å². The standard InChI is InChI=1S/C16H19N3O4S/c1-3-19(13-7-5-4-6-8-13)24(22,23)14-9-10-15(17-11-14)18-12(2)16(20)21/h4-12H,3H2,1-2H3,(H,17,18)(H,20,21). The molecule has 0 aliphatic rings. The zero-order valence-corrected chi connectivity index (χ0v) is 14.2. The first kappa shape index (κ1) is 17.7. The first-order chi connectivity index (χ1) is 11.4. The van der Waals surface area contributed by atoms with E-state index in [1.165, 1.54) is 29.6 Å². The number of para-hydroxylation sites is 1. The molecule has 0 amide bonds. The monoisotopic (exact) mass is 349 g/mol. The molecule has 24 heavy (non-hydrogen) atoms. The minimum absolute atomic E-state index is 0.0433. The first-order valence-corrected chi connectivity index (χ1v) is 8.83. The van der Waals surface area contributed by atoms with Crippen molar-refractivity contribution in [2.24, 2.45) is 0 Å². The molecule has 2 rings (SSSR count). The molecule has 128 valence electrons. The lowest BCUT2D eigenvalue weighted by Gasteiger charge is -2.22. The van der Waals surface area contributed by atoms with Gasteiger partial charge in [-0.2, -0.15) is 0 Å². The highest BCUT2D eigenvalue weighted by Gasteiger charge is 2.24. The number of aliphatic carboxylic acids is 1. The summed E-state index contributed by atoms with van der Waals surface area (Å²) in [6.07, 6.45) is 1.22. The third-order valence-electron chi connectivity index (χ3n) is 3.39. The highest BCUT2D eigenvalue weighted by molar-refractivity contribution is 7.92. The summed E-state index contributed by atoms with van der Waals surface area (Å²) >= 11 is 0. The molecule has 1 aromatic heterocycles. The molecule has 7 nitrogen and oxygen atoms in total. The number of carbonyl (C=O) groups is 1. The van der Waals surface area contributed by atoms with E-state index in [9.17, 15) is 13.2 Å². The van der Waals surface area contributed by atoms with Crippen LogP contribution in [0.2, 0.25) is 0 Å². The van der Waals surface area contributed by atoms with E-state index in [1.54, 1.807) is 31.2 Å². The highest BCUT2D eigenvalue weighted by atomic mass is 32.2. The lowest BCUT2D eigenvalue weighted by Crippen LogP contribution is -2.31. The van der Waals surface area contributed by atoms with E-state index in [4.69, 9.17) is 5.11 Å². The zero-order valence-electron chi connectivity index (χ0n) is 13.4. The van der Waals surface area contributed by atoms with Crippen LogP contribution < -0.4 is 9.62 Å². The van der Waals surface area contributed by atoms with Gasteiger partial charge in [0.15, 0.2) is 0 Å². The van der Waals surface area contributed by atoms with E-state index in [2.05, 4.69) is 10.3 Å². The van der Waals surface area contributed by atoms with Crippen molar-refractivity contribution in [2.45, 2.75) is 24.8 Å². The predicted octanol–water partition coefficient (Wildman–Crippen LogP) is 2.18. The van der Waals surface area contributed by atoms with Crippen LogP contribution in [0.3, 0.4) is 0 Å². The molecular formula is C16H19N3O4S. The lowest BCUT2D eigenvalue weighted by molar-refractivity contribution is -0.137. The number of sulfonamides is 1. The maximum atomic E-state index is 12.8. The Balaban J connectivity index is 2.27. The van der Waals surface area contributed by atoms with Crippen LogP contribution in [0, 0.1) is 0 Å². The molecule has 0 aliphatic heterocycles. The molecule has 0 aliphatic carbocycles. The van der Waals surface area contributed by atoms with Crippen molar-refractivity contribution < 1.29 is 18.3 Å². The summed E-state index contributed by atoms with van der Waals surface area (Å²) in [4.78, 5) is 14.9. The lowest BCUT2D eigenvalue weighted by atomic mass is 10.3. The number of nitrogens with zero attached hydrogens (tertiary/aromatic N) is 2. The van der Waals surface area contributed by atoms with Crippen molar-refractivity contribution in [3.63, 3.8) is 0 Å². The number of anilines is 2. The quantitative estimate of drug-likeness (QED) is 0.795. The molecule has 1 heterocycles. The summed E-state index contributed by atoms with van der Waals surface area (Å²) in [5.41, 5.74) is 0.571. The molecule has 0 radical (unpaired) electrons. The number of rotatable bonds is 7. The van der Waals surface area contributed by atoms with E-state index < -0.39 is 22.0 Å². The molecule has 2 N–H and O–H groups in total. The largest absolute Gasteiger partial charge is 0.480 e. The predicted molar refractivity (Wildman–Crippen MR) is 91.6 cm³/mol. The Bertz CT molecular complexity index is 792. The molecule has 1 unspecified atom stereocenters. The number of benzene rings is 1. The highest BCUT2D eigenvalue weighted by Crippen LogP contribution is 2.23. The van der Waals surface area contributed by atoms with Gasteiger partial charge in [0.2, 0.25) is 0 Å². The Labute approximate surface area is 141 Å². The van der Waals surface area contributed by atoms with Crippen LogP contribution in [0.4, 0.5) is 11.5 Å². The number of hydrogen-bond donors (Lipinski definition) is 2. The Morgan fingerprint density at radius 3 is 2.42 bits per heavy atom. The number of carboxylic acid groups (broad SMARTS) is 1. The Morgan fingerprint density at radius 2 is 1.92 bits per heavy atom. The van der Waals surface area contributed by atoms with Crippen molar-refractivity contribution in [2.75, 3.05) is 16.2 Å². The molecule has 0 saturated carbocycles. The smallest absolute Gasteiger partial charge is 0.325 e. The van der Waals surface area contributed by atoms with Gasteiger partial charge in [0.1, 0.15) is 16.8 Å². The molecule has 1 aromatic carbocycles. The van der Waals surface area contributed by atoms with Crippen LogP contribution in [-0.2, 0) is 14.8 Å². The minimum atomic E-state index is -3.74. The fourth-order valence-electron chi connectivity index (χ4n) is 2.11. The van der Waals surface area contributed by atoms with Crippen molar-refractivity contribution in [1.29, 1.82) is 0 Å². The van der Waals surface area contributed by atoms with Crippen LogP contribution in [0.25, 0.3) is 0 Å². The number of carboxylic acids is 1. The summed E-state index contributed by atoms with van der Waals surface area (Å²) in [7, 11) is -3.74. The zero-order chi connectivity index (χ0) is 17.7. The van der Waals surface area contributed by atoms with Gasteiger partial charge in [-0.25, -0.2) is 13.4 Å².